The van der Waals surface area contributed by atoms with E-state index >= 15 is 0 Å². The van der Waals surface area contributed by atoms with Crippen LogP contribution in [-0.2, 0) is 0 Å². The summed E-state index contributed by atoms with van der Waals surface area (Å²) in [5.41, 5.74) is 1.33. The van der Waals surface area contributed by atoms with Crippen LogP contribution in [0.2, 0.25) is 0 Å². The van der Waals surface area contributed by atoms with Crippen molar-refractivity contribution < 1.29 is 9.15 Å². The van der Waals surface area contributed by atoms with Gasteiger partial charge in [-0.3, -0.25) is 0 Å². The molecule has 0 saturated heterocycles. The average Bonchev–Trinajstić information content (AvgIpc) is 2.30. The third-order valence-electron chi connectivity index (χ3n) is 2.62. The molecule has 3 nitrogen and oxygen atoms in total. The van der Waals surface area contributed by atoms with E-state index in [0.29, 0.717) is 17.9 Å². The lowest BCUT2D eigenvalue weighted by molar-refractivity contribution is 0.310. The number of benzene rings is 1. The molecule has 0 aliphatic carbocycles. The van der Waals surface area contributed by atoms with E-state index in [2.05, 4.69) is 6.92 Å². The first-order valence-electron chi connectivity index (χ1n) is 5.88. The van der Waals surface area contributed by atoms with Crippen molar-refractivity contribution in [2.45, 2.75) is 26.7 Å². The number of ether oxygens (including phenoxy) is 1. The highest BCUT2D eigenvalue weighted by Gasteiger charge is 2.06. The molecule has 3 heteroatoms. The number of unbranched alkanes of at least 4 members (excludes halogenated alkanes) is 1. The Bertz CT molecular complexity index is 569. The van der Waals surface area contributed by atoms with Crippen LogP contribution in [0.5, 0.6) is 5.75 Å². The third kappa shape index (κ3) is 2.67. The Kier molecular flexibility index (Phi) is 3.47. The molecule has 0 unspecified atom stereocenters. The highest BCUT2D eigenvalue weighted by atomic mass is 16.5. The van der Waals surface area contributed by atoms with Crippen molar-refractivity contribution in [3.8, 4) is 5.75 Å². The molecule has 0 bridgehead atoms. The molecule has 1 heterocycles. The van der Waals surface area contributed by atoms with Gasteiger partial charge in [-0.1, -0.05) is 25.0 Å². The normalized spacial score (nSPS) is 10.7. The summed E-state index contributed by atoms with van der Waals surface area (Å²) in [6.45, 7) is 4.73. The summed E-state index contributed by atoms with van der Waals surface area (Å²) in [6, 6.07) is 7.11. The summed E-state index contributed by atoms with van der Waals surface area (Å²) in [5.74, 6) is 0.619. The third-order valence-corrected chi connectivity index (χ3v) is 2.62. The molecule has 0 aliphatic rings. The van der Waals surface area contributed by atoms with Gasteiger partial charge in [0.25, 0.3) is 0 Å². The molecule has 0 radical (unpaired) electrons. The molecule has 0 fully saturated rings. The van der Waals surface area contributed by atoms with Gasteiger partial charge in [-0.15, -0.1) is 0 Å². The van der Waals surface area contributed by atoms with Gasteiger partial charge in [-0.2, -0.15) is 0 Å². The van der Waals surface area contributed by atoms with Gasteiger partial charge in [-0.25, -0.2) is 4.79 Å². The molecule has 0 aliphatic heterocycles. The predicted octanol–water partition coefficient (Wildman–Crippen LogP) is 3.28. The Morgan fingerprint density at radius 1 is 1.29 bits per heavy atom. The molecular formula is C14H16O3. The van der Waals surface area contributed by atoms with E-state index in [9.17, 15) is 4.79 Å². The minimum atomic E-state index is -0.368. The van der Waals surface area contributed by atoms with E-state index in [1.165, 1.54) is 6.07 Å². The number of aryl methyl sites for hydroxylation is 1. The van der Waals surface area contributed by atoms with Gasteiger partial charge in [-0.05, 0) is 25.5 Å². The van der Waals surface area contributed by atoms with Crippen molar-refractivity contribution in [2.75, 3.05) is 6.61 Å². The number of rotatable bonds is 4. The first-order chi connectivity index (χ1) is 8.20. The van der Waals surface area contributed by atoms with Gasteiger partial charge in [0.1, 0.15) is 11.3 Å². The molecule has 0 spiro atoms. The molecular weight excluding hydrogens is 216 g/mol. The quantitative estimate of drug-likeness (QED) is 0.600. The van der Waals surface area contributed by atoms with Crippen LogP contribution in [0.3, 0.4) is 0 Å². The lowest BCUT2D eigenvalue weighted by atomic mass is 10.1. The average molecular weight is 232 g/mol. The summed E-state index contributed by atoms with van der Waals surface area (Å²) >= 11 is 0. The van der Waals surface area contributed by atoms with Crippen LogP contribution < -0.4 is 10.4 Å². The highest BCUT2D eigenvalue weighted by molar-refractivity contribution is 5.83. The van der Waals surface area contributed by atoms with E-state index in [4.69, 9.17) is 9.15 Å². The number of hydrogen-bond acceptors (Lipinski definition) is 3. The van der Waals surface area contributed by atoms with E-state index in [1.54, 1.807) is 6.07 Å². The lowest BCUT2D eigenvalue weighted by Gasteiger charge is -2.08. The highest BCUT2D eigenvalue weighted by Crippen LogP contribution is 2.24. The molecule has 90 valence electrons. The fourth-order valence-electron chi connectivity index (χ4n) is 1.69. The van der Waals surface area contributed by atoms with Crippen molar-refractivity contribution in [1.29, 1.82) is 0 Å². The maximum atomic E-state index is 11.4. The van der Waals surface area contributed by atoms with Crippen LogP contribution in [0.25, 0.3) is 11.0 Å². The Labute approximate surface area is 100 Å². The Morgan fingerprint density at radius 3 is 2.88 bits per heavy atom. The van der Waals surface area contributed by atoms with Crippen LogP contribution in [0.4, 0.5) is 0 Å². The second kappa shape index (κ2) is 5.04. The second-order valence-electron chi connectivity index (χ2n) is 4.13. The van der Waals surface area contributed by atoms with E-state index < -0.39 is 0 Å². The Morgan fingerprint density at radius 2 is 2.12 bits per heavy atom. The van der Waals surface area contributed by atoms with Crippen LogP contribution in [0.15, 0.2) is 33.5 Å². The first kappa shape index (κ1) is 11.7. The minimum Gasteiger partial charge on any atom is -0.493 e. The maximum Gasteiger partial charge on any atom is 0.339 e. The molecule has 0 amide bonds. The summed E-state index contributed by atoms with van der Waals surface area (Å²) in [4.78, 5) is 11.4. The van der Waals surface area contributed by atoms with Gasteiger partial charge >= 0.3 is 5.63 Å². The number of fused-ring (bicyclic) bond motifs is 1. The van der Waals surface area contributed by atoms with Crippen molar-refractivity contribution in [1.82, 2.24) is 0 Å². The largest absolute Gasteiger partial charge is 0.493 e. The Hall–Kier alpha value is -1.77. The topological polar surface area (TPSA) is 39.4 Å². The van der Waals surface area contributed by atoms with Crippen molar-refractivity contribution >= 4 is 11.0 Å². The van der Waals surface area contributed by atoms with Crippen LogP contribution in [0, 0.1) is 6.92 Å². The summed E-state index contributed by atoms with van der Waals surface area (Å²) in [7, 11) is 0. The Balaban J connectivity index is 2.44. The molecule has 2 rings (SSSR count). The number of hydrogen-bond donors (Lipinski definition) is 0. The molecule has 1 aromatic carbocycles. The monoisotopic (exact) mass is 232 g/mol. The van der Waals surface area contributed by atoms with E-state index in [0.717, 1.165) is 23.8 Å². The van der Waals surface area contributed by atoms with Crippen molar-refractivity contribution in [2.24, 2.45) is 0 Å². The van der Waals surface area contributed by atoms with Gasteiger partial charge in [0.05, 0.1) is 18.1 Å². The zero-order valence-electron chi connectivity index (χ0n) is 10.2. The fourth-order valence-corrected chi connectivity index (χ4v) is 1.69. The summed E-state index contributed by atoms with van der Waals surface area (Å²) < 4.78 is 10.8. The molecule has 0 N–H and O–H groups in total. The molecule has 0 atom stereocenters. The van der Waals surface area contributed by atoms with Gasteiger partial charge < -0.3 is 9.15 Å². The standard InChI is InChI=1S/C14H16O3/c1-3-4-7-16-13-9-14(15)17-12-6-5-10(2)8-11(12)13/h5-6,8-9H,3-4,7H2,1-2H3. The van der Waals surface area contributed by atoms with Crippen molar-refractivity contribution in [3.63, 3.8) is 0 Å². The van der Waals surface area contributed by atoms with Crippen LogP contribution >= 0.6 is 0 Å². The van der Waals surface area contributed by atoms with Crippen molar-refractivity contribution in [3.05, 3.63) is 40.2 Å². The van der Waals surface area contributed by atoms with Crippen LogP contribution in [0.1, 0.15) is 25.3 Å². The summed E-state index contributed by atoms with van der Waals surface area (Å²) in [6.07, 6.45) is 2.05. The van der Waals surface area contributed by atoms with E-state index in [1.807, 2.05) is 19.1 Å². The van der Waals surface area contributed by atoms with Gasteiger partial charge in [0.2, 0.25) is 0 Å². The SMILES string of the molecule is CCCCOc1cc(=O)oc2ccc(C)cc12. The molecule has 17 heavy (non-hydrogen) atoms. The molecule has 0 saturated carbocycles. The maximum absolute atomic E-state index is 11.4. The van der Waals surface area contributed by atoms with Gasteiger partial charge in [0.15, 0.2) is 0 Å². The predicted molar refractivity (Wildman–Crippen MR) is 67.6 cm³/mol. The zero-order valence-corrected chi connectivity index (χ0v) is 10.2. The molecule has 2 aromatic rings. The first-order valence-corrected chi connectivity index (χ1v) is 5.88. The fraction of sp³-hybridized carbons (Fsp3) is 0.357. The minimum absolute atomic E-state index is 0.368. The van der Waals surface area contributed by atoms with E-state index in [-0.39, 0.29) is 5.63 Å². The second-order valence-corrected chi connectivity index (χ2v) is 4.13. The summed E-state index contributed by atoms with van der Waals surface area (Å²) in [5, 5.41) is 0.862. The van der Waals surface area contributed by atoms with Gasteiger partial charge in [0, 0.05) is 0 Å². The lowest BCUT2D eigenvalue weighted by Crippen LogP contribution is -2.03. The smallest absolute Gasteiger partial charge is 0.339 e. The zero-order chi connectivity index (χ0) is 12.3. The van der Waals surface area contributed by atoms with Crippen LogP contribution in [-0.4, -0.2) is 6.61 Å². The molecule has 1 aromatic heterocycles.